The summed E-state index contributed by atoms with van der Waals surface area (Å²) in [5, 5.41) is 2.98. The van der Waals surface area contributed by atoms with Crippen LogP contribution in [0.4, 0.5) is 4.79 Å². The number of benzene rings is 2. The molecule has 3 amide bonds. The van der Waals surface area contributed by atoms with Gasteiger partial charge in [0.1, 0.15) is 11.3 Å². The molecule has 0 aromatic heterocycles. The van der Waals surface area contributed by atoms with Gasteiger partial charge in [0.25, 0.3) is 5.91 Å². The molecule has 2 aliphatic rings. The van der Waals surface area contributed by atoms with Crippen LogP contribution in [0.2, 0.25) is 0 Å². The minimum absolute atomic E-state index is 0.178. The van der Waals surface area contributed by atoms with Crippen molar-refractivity contribution in [2.45, 2.75) is 31.3 Å². The minimum atomic E-state index is -0.939. The monoisotopic (exact) mass is 414 g/mol. The number of halogens is 1. The topological polar surface area (TPSA) is 58.6 Å². The van der Waals surface area contributed by atoms with Crippen LogP contribution >= 0.6 is 15.9 Å². The Labute approximate surface area is 160 Å². The molecule has 134 valence electrons. The predicted molar refractivity (Wildman–Crippen MR) is 101 cm³/mol. The lowest BCUT2D eigenvalue weighted by Crippen LogP contribution is -2.46. The van der Waals surface area contributed by atoms with Gasteiger partial charge in [0.15, 0.2) is 0 Å². The zero-order valence-corrected chi connectivity index (χ0v) is 16.0. The van der Waals surface area contributed by atoms with Crippen LogP contribution in [-0.4, -0.2) is 23.9 Å². The average molecular weight is 415 g/mol. The van der Waals surface area contributed by atoms with Crippen molar-refractivity contribution in [1.82, 2.24) is 10.2 Å². The molecular formula is C20H19BrN2O3. The molecule has 4 rings (SSSR count). The number of imide groups is 1. The van der Waals surface area contributed by atoms with Gasteiger partial charge in [0.05, 0.1) is 13.7 Å². The molecule has 1 atom stereocenters. The number of rotatable bonds is 3. The molecule has 1 saturated heterocycles. The third-order valence-corrected chi connectivity index (χ3v) is 5.71. The number of amides is 3. The van der Waals surface area contributed by atoms with Crippen molar-refractivity contribution in [3.63, 3.8) is 0 Å². The maximum atomic E-state index is 13.3. The third-order valence-electron chi connectivity index (χ3n) is 5.22. The average Bonchev–Trinajstić information content (AvgIpc) is 2.87. The number of urea groups is 1. The SMILES string of the molecule is COc1ccc(Br)cc1CN1C(=O)NC2(CCCc3ccccc32)C1=O. The quantitative estimate of drug-likeness (QED) is 0.778. The standard InChI is InChI=1S/C20H19BrN2O3/c1-26-17-9-8-15(21)11-14(17)12-23-18(24)20(22-19(23)25)10-4-6-13-5-2-3-7-16(13)20/h2-3,5,7-9,11H,4,6,10,12H2,1H3,(H,22,25). The maximum Gasteiger partial charge on any atom is 0.325 e. The van der Waals surface area contributed by atoms with Crippen LogP contribution in [0.5, 0.6) is 5.75 Å². The van der Waals surface area contributed by atoms with E-state index < -0.39 is 5.54 Å². The van der Waals surface area contributed by atoms with Crippen LogP contribution in [0.15, 0.2) is 46.9 Å². The Morgan fingerprint density at radius 2 is 2.04 bits per heavy atom. The first-order valence-corrected chi connectivity index (χ1v) is 9.39. The molecule has 0 radical (unpaired) electrons. The Morgan fingerprint density at radius 1 is 1.23 bits per heavy atom. The molecule has 26 heavy (non-hydrogen) atoms. The molecule has 1 unspecified atom stereocenters. The van der Waals surface area contributed by atoms with E-state index in [-0.39, 0.29) is 18.5 Å². The van der Waals surface area contributed by atoms with E-state index in [9.17, 15) is 9.59 Å². The van der Waals surface area contributed by atoms with Gasteiger partial charge in [-0.05, 0) is 48.6 Å². The van der Waals surface area contributed by atoms with Crippen molar-refractivity contribution in [2.75, 3.05) is 7.11 Å². The van der Waals surface area contributed by atoms with Crippen molar-refractivity contribution in [3.8, 4) is 5.75 Å². The molecule has 2 aromatic carbocycles. The fourth-order valence-corrected chi connectivity index (χ4v) is 4.40. The molecule has 1 aliphatic heterocycles. The minimum Gasteiger partial charge on any atom is -0.496 e. The second-order valence-electron chi connectivity index (χ2n) is 6.69. The molecule has 5 nitrogen and oxygen atoms in total. The van der Waals surface area contributed by atoms with Crippen LogP contribution in [0, 0.1) is 0 Å². The number of hydrogen-bond donors (Lipinski definition) is 1. The van der Waals surface area contributed by atoms with Gasteiger partial charge in [0.2, 0.25) is 0 Å². The Kier molecular flexibility index (Phi) is 4.23. The fourth-order valence-electron chi connectivity index (χ4n) is 4.00. The number of carbonyl (C=O) groups excluding carboxylic acids is 2. The lowest BCUT2D eigenvalue weighted by molar-refractivity contribution is -0.132. The van der Waals surface area contributed by atoms with Crippen LogP contribution < -0.4 is 10.1 Å². The molecule has 1 aliphatic carbocycles. The molecule has 1 spiro atoms. The van der Waals surface area contributed by atoms with E-state index in [0.29, 0.717) is 12.2 Å². The van der Waals surface area contributed by atoms with Crippen LogP contribution in [0.3, 0.4) is 0 Å². The molecular weight excluding hydrogens is 396 g/mol. The van der Waals surface area contributed by atoms with Crippen LogP contribution in [-0.2, 0) is 23.3 Å². The second kappa shape index (κ2) is 6.43. The van der Waals surface area contributed by atoms with E-state index in [1.54, 1.807) is 7.11 Å². The van der Waals surface area contributed by atoms with Gasteiger partial charge < -0.3 is 10.1 Å². The number of nitrogens with one attached hydrogen (secondary N) is 1. The molecule has 1 N–H and O–H groups in total. The maximum absolute atomic E-state index is 13.3. The third kappa shape index (κ3) is 2.60. The largest absolute Gasteiger partial charge is 0.496 e. The summed E-state index contributed by atoms with van der Waals surface area (Å²) >= 11 is 3.44. The summed E-state index contributed by atoms with van der Waals surface area (Å²) in [5.41, 5.74) is 1.90. The Morgan fingerprint density at radius 3 is 2.85 bits per heavy atom. The summed E-state index contributed by atoms with van der Waals surface area (Å²) in [6, 6.07) is 13.1. The van der Waals surface area contributed by atoms with Crippen molar-refractivity contribution in [3.05, 3.63) is 63.6 Å². The van der Waals surface area contributed by atoms with Crippen molar-refractivity contribution in [1.29, 1.82) is 0 Å². The zero-order chi connectivity index (χ0) is 18.3. The zero-order valence-electron chi connectivity index (χ0n) is 14.4. The number of ether oxygens (including phenoxy) is 1. The van der Waals surface area contributed by atoms with Gasteiger partial charge in [-0.3, -0.25) is 9.69 Å². The second-order valence-corrected chi connectivity index (χ2v) is 7.61. The van der Waals surface area contributed by atoms with Gasteiger partial charge >= 0.3 is 6.03 Å². The number of methoxy groups -OCH3 is 1. The summed E-state index contributed by atoms with van der Waals surface area (Å²) in [4.78, 5) is 27.3. The number of carbonyl (C=O) groups is 2. The Hall–Kier alpha value is -2.34. The van der Waals surface area contributed by atoms with Gasteiger partial charge in [-0.15, -0.1) is 0 Å². The van der Waals surface area contributed by atoms with E-state index in [1.165, 1.54) is 4.90 Å². The molecule has 2 aromatic rings. The highest BCUT2D eigenvalue weighted by Gasteiger charge is 2.53. The lowest BCUT2D eigenvalue weighted by Gasteiger charge is -2.33. The van der Waals surface area contributed by atoms with E-state index in [1.807, 2.05) is 42.5 Å². The smallest absolute Gasteiger partial charge is 0.325 e. The van der Waals surface area contributed by atoms with Crippen molar-refractivity contribution in [2.24, 2.45) is 0 Å². The molecule has 1 fully saturated rings. The highest BCUT2D eigenvalue weighted by molar-refractivity contribution is 9.10. The fraction of sp³-hybridized carbons (Fsp3) is 0.300. The van der Waals surface area contributed by atoms with E-state index in [4.69, 9.17) is 4.74 Å². The summed E-state index contributed by atoms with van der Waals surface area (Å²) < 4.78 is 6.26. The van der Waals surface area contributed by atoms with Gasteiger partial charge in [-0.2, -0.15) is 0 Å². The molecule has 0 bridgehead atoms. The molecule has 1 heterocycles. The lowest BCUT2D eigenvalue weighted by atomic mass is 9.76. The van der Waals surface area contributed by atoms with Crippen LogP contribution in [0.1, 0.15) is 29.5 Å². The normalized spacial score (nSPS) is 21.7. The summed E-state index contributed by atoms with van der Waals surface area (Å²) in [5.74, 6) is 0.468. The van der Waals surface area contributed by atoms with Crippen LogP contribution in [0.25, 0.3) is 0 Å². The van der Waals surface area contributed by atoms with E-state index >= 15 is 0 Å². The van der Waals surface area contributed by atoms with Gasteiger partial charge in [0, 0.05) is 10.0 Å². The number of fused-ring (bicyclic) bond motifs is 2. The first kappa shape index (κ1) is 17.1. The number of aryl methyl sites for hydroxylation is 1. The van der Waals surface area contributed by atoms with Gasteiger partial charge in [-0.25, -0.2) is 4.79 Å². The highest BCUT2D eigenvalue weighted by Crippen LogP contribution is 2.40. The van der Waals surface area contributed by atoms with Gasteiger partial charge in [-0.1, -0.05) is 40.2 Å². The molecule has 0 saturated carbocycles. The number of hydrogen-bond acceptors (Lipinski definition) is 3. The van der Waals surface area contributed by atoms with E-state index in [2.05, 4.69) is 21.2 Å². The predicted octanol–water partition coefficient (Wildman–Crippen LogP) is 3.74. The summed E-state index contributed by atoms with van der Waals surface area (Å²) in [7, 11) is 1.58. The summed E-state index contributed by atoms with van der Waals surface area (Å²) in [6.45, 7) is 0.178. The van der Waals surface area contributed by atoms with E-state index in [0.717, 1.165) is 34.0 Å². The summed E-state index contributed by atoms with van der Waals surface area (Å²) in [6.07, 6.45) is 2.43. The Balaban J connectivity index is 1.71. The Bertz CT molecular complexity index is 898. The number of nitrogens with zero attached hydrogens (tertiary/aromatic N) is 1. The first-order valence-electron chi connectivity index (χ1n) is 8.60. The van der Waals surface area contributed by atoms with Crippen molar-refractivity contribution < 1.29 is 14.3 Å². The highest BCUT2D eigenvalue weighted by atomic mass is 79.9. The molecule has 6 heteroatoms. The first-order chi connectivity index (χ1) is 12.5. The van der Waals surface area contributed by atoms with Crippen molar-refractivity contribution >= 4 is 27.9 Å².